The Hall–Kier alpha value is -1.95. The molecule has 2 aromatic rings. The van der Waals surface area contributed by atoms with E-state index in [1.165, 1.54) is 0 Å². The number of carbonyl (C=O) groups excluding carboxylic acids is 1. The fourth-order valence-corrected chi connectivity index (χ4v) is 2.95. The van der Waals surface area contributed by atoms with Crippen molar-refractivity contribution in [3.8, 4) is 0 Å². The van der Waals surface area contributed by atoms with E-state index in [0.29, 0.717) is 28.1 Å². The molecule has 0 bridgehead atoms. The Kier molecular flexibility index (Phi) is 3.41. The maximum absolute atomic E-state index is 12.4. The number of hydrogen-bond donors (Lipinski definition) is 2. The van der Waals surface area contributed by atoms with Gasteiger partial charge in [0.15, 0.2) is 0 Å². The maximum Gasteiger partial charge on any atom is 0.258 e. The summed E-state index contributed by atoms with van der Waals surface area (Å²) in [7, 11) is 0. The second-order valence-corrected chi connectivity index (χ2v) is 5.87. The first-order valence-corrected chi connectivity index (χ1v) is 7.23. The van der Waals surface area contributed by atoms with Crippen LogP contribution in [0.4, 0.5) is 0 Å². The molecule has 0 unspecified atom stereocenters. The van der Waals surface area contributed by atoms with Crippen LogP contribution in [0.5, 0.6) is 0 Å². The molecule has 2 N–H and O–H groups in total. The number of aromatic nitrogens is 2. The number of rotatable bonds is 3. The van der Waals surface area contributed by atoms with Crippen LogP contribution < -0.4 is 5.32 Å². The minimum atomic E-state index is -0.763. The summed E-state index contributed by atoms with van der Waals surface area (Å²) < 4.78 is 5.13. The minimum Gasteiger partial charge on any atom is -0.388 e. The molecule has 0 atom stereocenters. The summed E-state index contributed by atoms with van der Waals surface area (Å²) in [5.41, 5.74) is 1.45. The van der Waals surface area contributed by atoms with Crippen LogP contribution in [0.3, 0.4) is 0 Å². The summed E-state index contributed by atoms with van der Waals surface area (Å²) >= 11 is 0. The SMILES string of the molecule is Cc1cc(C(=O)NCC2(O)CCCC2)c2c(C)noc2n1. The van der Waals surface area contributed by atoms with E-state index in [4.69, 9.17) is 4.52 Å². The van der Waals surface area contributed by atoms with Gasteiger partial charge >= 0.3 is 0 Å². The van der Waals surface area contributed by atoms with Crippen molar-refractivity contribution in [2.24, 2.45) is 0 Å². The van der Waals surface area contributed by atoms with E-state index in [-0.39, 0.29) is 12.5 Å². The van der Waals surface area contributed by atoms with Crippen LogP contribution in [0, 0.1) is 13.8 Å². The van der Waals surface area contributed by atoms with Crippen molar-refractivity contribution >= 4 is 17.0 Å². The fourth-order valence-electron chi connectivity index (χ4n) is 2.95. The van der Waals surface area contributed by atoms with Crippen LogP contribution in [0.15, 0.2) is 10.6 Å². The molecule has 3 rings (SSSR count). The summed E-state index contributed by atoms with van der Waals surface area (Å²) in [6.45, 7) is 3.86. The number of aliphatic hydroxyl groups is 1. The highest BCUT2D eigenvalue weighted by Crippen LogP contribution is 2.29. The van der Waals surface area contributed by atoms with Crippen LogP contribution >= 0.6 is 0 Å². The first-order valence-electron chi connectivity index (χ1n) is 7.23. The molecule has 2 aromatic heterocycles. The number of fused-ring (bicyclic) bond motifs is 1. The number of pyridine rings is 1. The molecule has 1 amide bonds. The number of aryl methyl sites for hydroxylation is 2. The van der Waals surface area contributed by atoms with E-state index < -0.39 is 5.60 Å². The van der Waals surface area contributed by atoms with Gasteiger partial charge in [0.2, 0.25) is 0 Å². The smallest absolute Gasteiger partial charge is 0.258 e. The Bertz CT molecular complexity index is 687. The largest absolute Gasteiger partial charge is 0.388 e. The van der Waals surface area contributed by atoms with Crippen molar-refractivity contribution in [3.63, 3.8) is 0 Å². The molecule has 6 heteroatoms. The van der Waals surface area contributed by atoms with Crippen LogP contribution in [0.1, 0.15) is 47.4 Å². The lowest BCUT2D eigenvalue weighted by molar-refractivity contribution is 0.0450. The third-order valence-corrected chi connectivity index (χ3v) is 4.10. The van der Waals surface area contributed by atoms with E-state index in [0.717, 1.165) is 25.7 Å². The molecule has 1 saturated carbocycles. The second-order valence-electron chi connectivity index (χ2n) is 5.87. The number of nitrogens with zero attached hydrogens (tertiary/aromatic N) is 2. The predicted octanol–water partition coefficient (Wildman–Crippen LogP) is 1.87. The lowest BCUT2D eigenvalue weighted by Crippen LogP contribution is -2.40. The van der Waals surface area contributed by atoms with E-state index in [1.807, 2.05) is 0 Å². The summed E-state index contributed by atoms with van der Waals surface area (Å²) in [5, 5.41) is 17.6. The topological polar surface area (TPSA) is 88.2 Å². The molecule has 1 aliphatic rings. The van der Waals surface area contributed by atoms with Crippen molar-refractivity contribution in [3.05, 3.63) is 23.0 Å². The van der Waals surface area contributed by atoms with Crippen LogP contribution in [0.2, 0.25) is 0 Å². The molecule has 2 heterocycles. The highest BCUT2D eigenvalue weighted by Gasteiger charge is 2.31. The maximum atomic E-state index is 12.4. The zero-order valence-corrected chi connectivity index (χ0v) is 12.3. The van der Waals surface area contributed by atoms with Gasteiger partial charge in [-0.25, -0.2) is 4.98 Å². The summed E-state index contributed by atoms with van der Waals surface area (Å²) in [6.07, 6.45) is 3.50. The molecule has 0 spiro atoms. The van der Waals surface area contributed by atoms with Crippen LogP contribution in [0.25, 0.3) is 11.1 Å². The normalized spacial score (nSPS) is 17.3. The van der Waals surface area contributed by atoms with Gasteiger partial charge in [-0.1, -0.05) is 18.0 Å². The summed E-state index contributed by atoms with van der Waals surface area (Å²) in [6, 6.07) is 1.72. The second kappa shape index (κ2) is 5.11. The average Bonchev–Trinajstić information content (AvgIpc) is 3.03. The van der Waals surface area contributed by atoms with Gasteiger partial charge in [-0.05, 0) is 32.8 Å². The van der Waals surface area contributed by atoms with Crippen LogP contribution in [-0.2, 0) is 0 Å². The van der Waals surface area contributed by atoms with Crippen molar-refractivity contribution in [2.75, 3.05) is 6.54 Å². The molecule has 0 radical (unpaired) electrons. The van der Waals surface area contributed by atoms with E-state index >= 15 is 0 Å². The first-order chi connectivity index (χ1) is 9.98. The van der Waals surface area contributed by atoms with Crippen molar-refractivity contribution < 1.29 is 14.4 Å². The molecule has 1 aliphatic carbocycles. The zero-order valence-electron chi connectivity index (χ0n) is 12.3. The third kappa shape index (κ3) is 2.63. The van der Waals surface area contributed by atoms with Gasteiger partial charge in [-0.2, -0.15) is 0 Å². The molecule has 6 nitrogen and oxygen atoms in total. The monoisotopic (exact) mass is 289 g/mol. The Morgan fingerprint density at radius 1 is 1.43 bits per heavy atom. The lowest BCUT2D eigenvalue weighted by Gasteiger charge is -2.22. The van der Waals surface area contributed by atoms with E-state index in [9.17, 15) is 9.90 Å². The summed E-state index contributed by atoms with van der Waals surface area (Å²) in [4.78, 5) is 16.7. The molecule has 21 heavy (non-hydrogen) atoms. The molecule has 0 saturated heterocycles. The third-order valence-electron chi connectivity index (χ3n) is 4.10. The number of hydrogen-bond acceptors (Lipinski definition) is 5. The Labute approximate surface area is 122 Å². The quantitative estimate of drug-likeness (QED) is 0.900. The zero-order chi connectivity index (χ0) is 15.0. The number of carbonyl (C=O) groups is 1. The Balaban J connectivity index is 1.85. The molecular weight excluding hydrogens is 270 g/mol. The molecule has 0 aliphatic heterocycles. The summed E-state index contributed by atoms with van der Waals surface area (Å²) in [5.74, 6) is -0.225. The molecule has 1 fully saturated rings. The first kappa shape index (κ1) is 14.0. The standard InChI is InChI=1S/C15H19N3O3/c1-9-7-11(12-10(2)18-21-14(12)17-9)13(19)16-8-15(20)5-3-4-6-15/h7,20H,3-6,8H2,1-2H3,(H,16,19). The molecule has 0 aromatic carbocycles. The van der Waals surface area contributed by atoms with Crippen molar-refractivity contribution in [1.82, 2.24) is 15.5 Å². The van der Waals surface area contributed by atoms with E-state index in [1.54, 1.807) is 19.9 Å². The van der Waals surface area contributed by atoms with Crippen LogP contribution in [-0.4, -0.2) is 33.3 Å². The van der Waals surface area contributed by atoms with Gasteiger partial charge in [-0.15, -0.1) is 0 Å². The highest BCUT2D eigenvalue weighted by atomic mass is 16.5. The Morgan fingerprint density at radius 2 is 2.14 bits per heavy atom. The minimum absolute atomic E-state index is 0.225. The molecule has 112 valence electrons. The van der Waals surface area contributed by atoms with Gasteiger partial charge in [0, 0.05) is 12.2 Å². The van der Waals surface area contributed by atoms with Gasteiger partial charge in [0.1, 0.15) is 0 Å². The van der Waals surface area contributed by atoms with Gasteiger partial charge in [-0.3, -0.25) is 4.79 Å². The predicted molar refractivity (Wildman–Crippen MR) is 77.0 cm³/mol. The van der Waals surface area contributed by atoms with Gasteiger partial charge < -0.3 is 14.9 Å². The van der Waals surface area contributed by atoms with Crippen molar-refractivity contribution in [1.29, 1.82) is 0 Å². The number of amides is 1. The van der Waals surface area contributed by atoms with Gasteiger partial charge in [0.05, 0.1) is 22.2 Å². The lowest BCUT2D eigenvalue weighted by atomic mass is 10.0. The van der Waals surface area contributed by atoms with Crippen molar-refractivity contribution in [2.45, 2.75) is 45.1 Å². The van der Waals surface area contributed by atoms with Gasteiger partial charge in [0.25, 0.3) is 11.6 Å². The fraction of sp³-hybridized carbons (Fsp3) is 0.533. The average molecular weight is 289 g/mol. The number of nitrogens with one attached hydrogen (secondary N) is 1. The van der Waals surface area contributed by atoms with E-state index in [2.05, 4.69) is 15.5 Å². The molecular formula is C15H19N3O3. The Morgan fingerprint density at radius 3 is 2.86 bits per heavy atom. The highest BCUT2D eigenvalue weighted by molar-refractivity contribution is 6.06.